The molecule has 112 valence electrons. The second-order valence-corrected chi connectivity index (χ2v) is 9.50. The van der Waals surface area contributed by atoms with Gasteiger partial charge in [-0.25, -0.2) is 0 Å². The molecule has 0 N–H and O–H groups in total. The topological polar surface area (TPSA) is 0 Å². The molecule has 4 aliphatic carbocycles. The maximum absolute atomic E-state index is 2.73. The fraction of sp³-hybridized carbons (Fsp3) is 0.900. The van der Waals surface area contributed by atoms with Crippen LogP contribution in [-0.2, 0) is 0 Å². The van der Waals surface area contributed by atoms with Gasteiger partial charge in [0.15, 0.2) is 0 Å². The van der Waals surface area contributed by atoms with Crippen molar-refractivity contribution in [2.45, 2.75) is 79.1 Å². The van der Waals surface area contributed by atoms with Crippen molar-refractivity contribution in [1.82, 2.24) is 0 Å². The van der Waals surface area contributed by atoms with Gasteiger partial charge in [0.2, 0.25) is 0 Å². The van der Waals surface area contributed by atoms with Crippen LogP contribution in [0.5, 0.6) is 0 Å². The van der Waals surface area contributed by atoms with Crippen molar-refractivity contribution in [2.24, 2.45) is 34.0 Å². The lowest BCUT2D eigenvalue weighted by atomic mass is 9.39. The highest BCUT2D eigenvalue weighted by molar-refractivity contribution is 5.25. The van der Waals surface area contributed by atoms with Crippen LogP contribution in [-0.4, -0.2) is 0 Å². The molecular weight excluding hydrogens is 240 g/mol. The van der Waals surface area contributed by atoms with E-state index in [1.807, 2.05) is 0 Å². The van der Waals surface area contributed by atoms with Gasteiger partial charge in [0.1, 0.15) is 0 Å². The zero-order valence-electron chi connectivity index (χ0n) is 14.0. The van der Waals surface area contributed by atoms with Crippen LogP contribution in [0, 0.1) is 34.0 Å². The first-order chi connectivity index (χ1) is 9.39. The highest BCUT2D eigenvalue weighted by Gasteiger charge is 2.64. The molecule has 0 amide bonds. The van der Waals surface area contributed by atoms with Gasteiger partial charge in [-0.1, -0.05) is 38.8 Å². The molecule has 0 aromatic rings. The minimum atomic E-state index is 0.584. The molecule has 0 heteroatoms. The molecule has 20 heavy (non-hydrogen) atoms. The van der Waals surface area contributed by atoms with Gasteiger partial charge in [0, 0.05) is 0 Å². The summed E-state index contributed by atoms with van der Waals surface area (Å²) in [4.78, 5) is 0. The summed E-state index contributed by atoms with van der Waals surface area (Å²) in [6.45, 7) is 10.3. The quantitative estimate of drug-likeness (QED) is 0.476. The standard InChI is InChI=1S/C20H32/c1-14-12-16-6-7-17-18(2,3)9-5-10-19(17,4)20(16)11-8-15(14)13-20/h12,15-17H,5-11,13H2,1-4H3/t15-,16+,17+,19+,20?/m1/s1. The summed E-state index contributed by atoms with van der Waals surface area (Å²) in [5, 5.41) is 0. The molecule has 0 aromatic carbocycles. The first kappa shape index (κ1) is 13.4. The molecule has 4 rings (SSSR count). The van der Waals surface area contributed by atoms with Crippen LogP contribution in [0.4, 0.5) is 0 Å². The lowest BCUT2D eigenvalue weighted by Crippen LogP contribution is -2.57. The van der Waals surface area contributed by atoms with Gasteiger partial charge in [-0.05, 0) is 85.9 Å². The van der Waals surface area contributed by atoms with E-state index < -0.39 is 0 Å². The van der Waals surface area contributed by atoms with Crippen molar-refractivity contribution in [1.29, 1.82) is 0 Å². The van der Waals surface area contributed by atoms with E-state index in [0.29, 0.717) is 16.2 Å². The Morgan fingerprint density at radius 2 is 1.80 bits per heavy atom. The molecule has 0 radical (unpaired) electrons. The summed E-state index contributed by atoms with van der Waals surface area (Å²) in [6.07, 6.45) is 14.7. The van der Waals surface area contributed by atoms with Gasteiger partial charge in [-0.15, -0.1) is 0 Å². The SMILES string of the molecule is CC1=C[C@@H]2CC[C@H]3C(C)(C)CCC[C@]3(C)C23CC[C@@H]1C3. The minimum absolute atomic E-state index is 0.584. The Balaban J connectivity index is 1.81. The van der Waals surface area contributed by atoms with Crippen LogP contribution in [0.25, 0.3) is 0 Å². The van der Waals surface area contributed by atoms with E-state index in [9.17, 15) is 0 Å². The molecule has 2 bridgehead atoms. The van der Waals surface area contributed by atoms with E-state index in [2.05, 4.69) is 33.8 Å². The van der Waals surface area contributed by atoms with Crippen LogP contribution in [0.2, 0.25) is 0 Å². The third-order valence-corrected chi connectivity index (χ3v) is 8.50. The van der Waals surface area contributed by atoms with Crippen LogP contribution in [0.3, 0.4) is 0 Å². The van der Waals surface area contributed by atoms with Crippen molar-refractivity contribution >= 4 is 0 Å². The lowest BCUT2D eigenvalue weighted by Gasteiger charge is -2.65. The van der Waals surface area contributed by atoms with E-state index >= 15 is 0 Å². The predicted octanol–water partition coefficient (Wildman–Crippen LogP) is 5.98. The number of rotatable bonds is 0. The van der Waals surface area contributed by atoms with Crippen LogP contribution in [0.15, 0.2) is 11.6 Å². The highest BCUT2D eigenvalue weighted by Crippen LogP contribution is 2.73. The lowest BCUT2D eigenvalue weighted by molar-refractivity contribution is -0.150. The smallest absolute Gasteiger partial charge is 0.0169 e. The van der Waals surface area contributed by atoms with Crippen LogP contribution >= 0.6 is 0 Å². The Bertz CT molecular complexity index is 457. The Kier molecular flexibility index (Phi) is 2.63. The van der Waals surface area contributed by atoms with Crippen molar-refractivity contribution in [3.8, 4) is 0 Å². The zero-order chi connectivity index (χ0) is 14.2. The van der Waals surface area contributed by atoms with Gasteiger partial charge < -0.3 is 0 Å². The van der Waals surface area contributed by atoms with E-state index in [1.165, 1.54) is 51.4 Å². The van der Waals surface area contributed by atoms with E-state index in [1.54, 1.807) is 5.57 Å². The van der Waals surface area contributed by atoms with E-state index in [0.717, 1.165) is 17.8 Å². The normalized spacial score (nSPS) is 53.0. The molecular formula is C20H32. The minimum Gasteiger partial charge on any atom is -0.0816 e. The summed E-state index contributed by atoms with van der Waals surface area (Å²) in [5.41, 5.74) is 3.63. The van der Waals surface area contributed by atoms with Gasteiger partial charge in [0.05, 0.1) is 0 Å². The second kappa shape index (κ2) is 3.93. The Labute approximate surface area is 125 Å². The molecule has 4 aliphatic rings. The number of hydrogen-bond acceptors (Lipinski definition) is 0. The summed E-state index contributed by atoms with van der Waals surface area (Å²) in [5.74, 6) is 2.83. The monoisotopic (exact) mass is 272 g/mol. The molecule has 5 atom stereocenters. The van der Waals surface area contributed by atoms with E-state index in [4.69, 9.17) is 0 Å². The highest BCUT2D eigenvalue weighted by atomic mass is 14.7. The molecule has 0 aliphatic heterocycles. The van der Waals surface area contributed by atoms with Crippen molar-refractivity contribution in [2.75, 3.05) is 0 Å². The summed E-state index contributed by atoms with van der Waals surface area (Å²) >= 11 is 0. The number of fused-ring (bicyclic) bond motifs is 2. The van der Waals surface area contributed by atoms with Gasteiger partial charge in [-0.3, -0.25) is 0 Å². The fourth-order valence-corrected chi connectivity index (χ4v) is 7.49. The molecule has 0 saturated heterocycles. The predicted molar refractivity (Wildman–Crippen MR) is 85.5 cm³/mol. The van der Waals surface area contributed by atoms with Crippen molar-refractivity contribution in [3.05, 3.63) is 11.6 Å². The maximum atomic E-state index is 2.73. The first-order valence-electron chi connectivity index (χ1n) is 9.07. The molecule has 0 heterocycles. The molecule has 0 nitrogen and oxygen atoms in total. The largest absolute Gasteiger partial charge is 0.0816 e. The van der Waals surface area contributed by atoms with Crippen LogP contribution in [0.1, 0.15) is 79.1 Å². The summed E-state index contributed by atoms with van der Waals surface area (Å²) < 4.78 is 0. The number of allylic oxidation sites excluding steroid dienone is 2. The van der Waals surface area contributed by atoms with Gasteiger partial charge in [-0.2, -0.15) is 0 Å². The third kappa shape index (κ3) is 1.44. The van der Waals surface area contributed by atoms with Gasteiger partial charge in [0.25, 0.3) is 0 Å². The zero-order valence-corrected chi connectivity index (χ0v) is 14.0. The fourth-order valence-electron chi connectivity index (χ4n) is 7.49. The average Bonchev–Trinajstić information content (AvgIpc) is 2.75. The third-order valence-electron chi connectivity index (χ3n) is 8.50. The summed E-state index contributed by atoms with van der Waals surface area (Å²) in [7, 11) is 0. The molecule has 3 fully saturated rings. The van der Waals surface area contributed by atoms with Crippen molar-refractivity contribution < 1.29 is 0 Å². The Morgan fingerprint density at radius 1 is 1.00 bits per heavy atom. The molecule has 0 aromatic heterocycles. The molecule has 3 saturated carbocycles. The Hall–Kier alpha value is -0.260. The van der Waals surface area contributed by atoms with Crippen LogP contribution < -0.4 is 0 Å². The van der Waals surface area contributed by atoms with Crippen molar-refractivity contribution in [3.63, 3.8) is 0 Å². The first-order valence-corrected chi connectivity index (χ1v) is 9.07. The van der Waals surface area contributed by atoms with E-state index in [-0.39, 0.29) is 0 Å². The number of hydrogen-bond donors (Lipinski definition) is 0. The van der Waals surface area contributed by atoms with Gasteiger partial charge >= 0.3 is 0 Å². The Morgan fingerprint density at radius 3 is 2.60 bits per heavy atom. The maximum Gasteiger partial charge on any atom is -0.0169 e. The molecule has 1 unspecified atom stereocenters. The second-order valence-electron chi connectivity index (χ2n) is 9.50. The summed E-state index contributed by atoms with van der Waals surface area (Å²) in [6, 6.07) is 0. The molecule has 1 spiro atoms. The average molecular weight is 272 g/mol.